The van der Waals surface area contributed by atoms with Crippen LogP contribution in [0.5, 0.6) is 0 Å². The number of aliphatic carboxylic acids is 1. The highest BCUT2D eigenvalue weighted by Crippen LogP contribution is 2.30. The Morgan fingerprint density at radius 3 is 2.70 bits per heavy atom. The molecule has 1 saturated heterocycles. The summed E-state index contributed by atoms with van der Waals surface area (Å²) in [5, 5.41) is 10.2. The number of rotatable bonds is 3. The molecule has 2 unspecified atom stereocenters. The lowest BCUT2D eigenvalue weighted by Crippen LogP contribution is -2.26. The molecule has 0 aliphatic carbocycles. The number of hydrogen-bond acceptors (Lipinski definition) is 3. The highest BCUT2D eigenvalue weighted by atomic mass is 16.6. The minimum atomic E-state index is -1.21. The van der Waals surface area contributed by atoms with Crippen molar-refractivity contribution in [3.8, 4) is 0 Å². The lowest BCUT2D eigenvalue weighted by molar-refractivity contribution is -0.299. The van der Waals surface area contributed by atoms with Crippen molar-refractivity contribution in [2.45, 2.75) is 25.6 Å². The molecule has 1 aliphatic rings. The molecule has 0 bridgehead atoms. The van der Waals surface area contributed by atoms with Gasteiger partial charge in [-0.2, -0.15) is 0 Å². The molecule has 0 saturated carbocycles. The molecule has 0 spiro atoms. The zero-order valence-corrected chi connectivity index (χ0v) is 5.79. The summed E-state index contributed by atoms with van der Waals surface area (Å²) in [6.45, 7) is 5.27. The number of carboxylic acid groups (broad SMARTS) is 1. The van der Waals surface area contributed by atoms with Gasteiger partial charge in [0.15, 0.2) is 0 Å². The second kappa shape index (κ2) is 2.42. The van der Waals surface area contributed by atoms with E-state index in [1.807, 2.05) is 6.92 Å². The Labute approximate surface area is 59.3 Å². The van der Waals surface area contributed by atoms with Crippen LogP contribution >= 0.6 is 0 Å². The van der Waals surface area contributed by atoms with Crippen LogP contribution in [0.25, 0.3) is 0 Å². The molecule has 3 nitrogen and oxygen atoms in total. The second-order valence-electron chi connectivity index (χ2n) is 2.32. The van der Waals surface area contributed by atoms with Gasteiger partial charge in [0, 0.05) is 0 Å². The van der Waals surface area contributed by atoms with Crippen molar-refractivity contribution in [3.63, 3.8) is 0 Å². The van der Waals surface area contributed by atoms with Gasteiger partial charge in [-0.15, -0.1) is 0 Å². The van der Waals surface area contributed by atoms with Crippen molar-refractivity contribution < 1.29 is 14.6 Å². The van der Waals surface area contributed by atoms with Crippen LogP contribution in [0.2, 0.25) is 0 Å². The first-order valence-corrected chi connectivity index (χ1v) is 3.22. The first-order valence-electron chi connectivity index (χ1n) is 3.22. The summed E-state index contributed by atoms with van der Waals surface area (Å²) in [7, 11) is 0. The van der Waals surface area contributed by atoms with Crippen LogP contribution in [-0.2, 0) is 9.53 Å². The van der Waals surface area contributed by atoms with E-state index in [4.69, 9.17) is 4.74 Å². The Morgan fingerprint density at radius 1 is 1.80 bits per heavy atom. The van der Waals surface area contributed by atoms with Crippen LogP contribution in [0.4, 0.5) is 0 Å². The molecule has 3 heteroatoms. The summed E-state index contributed by atoms with van der Waals surface area (Å²) in [4.78, 5) is 10.2. The van der Waals surface area contributed by atoms with Gasteiger partial charge in [-0.25, -0.2) is 0 Å². The summed E-state index contributed by atoms with van der Waals surface area (Å²) in [6.07, 6.45) is 0.608. The highest BCUT2D eigenvalue weighted by molar-refractivity contribution is 5.85. The van der Waals surface area contributed by atoms with Crippen molar-refractivity contribution in [1.82, 2.24) is 0 Å². The Hall–Kier alpha value is -0.830. The zero-order valence-electron chi connectivity index (χ0n) is 5.79. The standard InChI is InChI=1S/C7H10O3/c1-3-5-6(10-5)4(2)7(8)9/h5-6H,2-3H2,1H3,(H,8,9)/p-1. The van der Waals surface area contributed by atoms with Gasteiger partial charge in [-0.05, 0) is 12.0 Å². The van der Waals surface area contributed by atoms with E-state index < -0.39 is 5.97 Å². The maximum absolute atomic E-state index is 10.2. The number of carbonyl (C=O) groups is 1. The van der Waals surface area contributed by atoms with Crippen molar-refractivity contribution >= 4 is 5.97 Å². The summed E-state index contributed by atoms with van der Waals surface area (Å²) in [5.74, 6) is -1.21. The topological polar surface area (TPSA) is 52.7 Å². The summed E-state index contributed by atoms with van der Waals surface area (Å²) < 4.78 is 4.97. The molecule has 1 heterocycles. The molecule has 1 rings (SSSR count). The molecule has 10 heavy (non-hydrogen) atoms. The van der Waals surface area contributed by atoms with Crippen LogP contribution in [-0.4, -0.2) is 18.2 Å². The number of ether oxygens (including phenoxy) is 1. The third-order valence-electron chi connectivity index (χ3n) is 1.59. The monoisotopic (exact) mass is 141 g/mol. The van der Waals surface area contributed by atoms with Gasteiger partial charge in [0.1, 0.15) is 6.10 Å². The third kappa shape index (κ3) is 1.19. The number of epoxide rings is 1. The van der Waals surface area contributed by atoms with Gasteiger partial charge in [0.25, 0.3) is 0 Å². The Bertz CT molecular complexity index is 174. The molecule has 0 N–H and O–H groups in total. The van der Waals surface area contributed by atoms with Crippen LogP contribution in [0.3, 0.4) is 0 Å². The van der Waals surface area contributed by atoms with Crippen molar-refractivity contribution in [2.75, 3.05) is 0 Å². The molecule has 0 aromatic carbocycles. The zero-order chi connectivity index (χ0) is 7.72. The molecule has 1 fully saturated rings. The molecule has 56 valence electrons. The molecule has 2 atom stereocenters. The molecule has 0 amide bonds. The predicted octanol–water partition coefficient (Wildman–Crippen LogP) is -0.530. The van der Waals surface area contributed by atoms with E-state index in [-0.39, 0.29) is 17.8 Å². The molecule has 0 aromatic heterocycles. The van der Waals surface area contributed by atoms with E-state index in [1.165, 1.54) is 0 Å². The highest BCUT2D eigenvalue weighted by Gasteiger charge is 2.39. The molecule has 0 aromatic rings. The normalized spacial score (nSPS) is 29.7. The van der Waals surface area contributed by atoms with Gasteiger partial charge in [0.05, 0.1) is 12.1 Å². The van der Waals surface area contributed by atoms with Crippen molar-refractivity contribution in [3.05, 3.63) is 12.2 Å². The minimum Gasteiger partial charge on any atom is -0.545 e. The minimum absolute atomic E-state index is 0.0606. The van der Waals surface area contributed by atoms with Crippen molar-refractivity contribution in [2.24, 2.45) is 0 Å². The smallest absolute Gasteiger partial charge is 0.110 e. The number of carbonyl (C=O) groups excluding carboxylic acids is 1. The first-order chi connectivity index (χ1) is 4.66. The fraction of sp³-hybridized carbons (Fsp3) is 0.571. The molecule has 1 aliphatic heterocycles. The summed E-state index contributed by atoms with van der Waals surface area (Å²) in [5.41, 5.74) is 0.0619. The summed E-state index contributed by atoms with van der Waals surface area (Å²) in [6, 6.07) is 0. The van der Waals surface area contributed by atoms with Gasteiger partial charge >= 0.3 is 0 Å². The maximum atomic E-state index is 10.2. The lowest BCUT2D eigenvalue weighted by Gasteiger charge is -2.00. The number of carboxylic acids is 1. The average Bonchev–Trinajstić information content (AvgIpc) is 2.64. The number of hydrogen-bond donors (Lipinski definition) is 0. The summed E-state index contributed by atoms with van der Waals surface area (Å²) >= 11 is 0. The van der Waals surface area contributed by atoms with Gasteiger partial charge in [-0.1, -0.05) is 13.5 Å². The van der Waals surface area contributed by atoms with Gasteiger partial charge in [-0.3, -0.25) is 0 Å². The molecular weight excluding hydrogens is 132 g/mol. The Kier molecular flexibility index (Phi) is 1.76. The average molecular weight is 141 g/mol. The van der Waals surface area contributed by atoms with Crippen LogP contribution in [0.1, 0.15) is 13.3 Å². The fourth-order valence-corrected chi connectivity index (χ4v) is 0.876. The van der Waals surface area contributed by atoms with E-state index in [0.717, 1.165) is 6.42 Å². The van der Waals surface area contributed by atoms with Gasteiger partial charge in [0.2, 0.25) is 0 Å². The van der Waals surface area contributed by atoms with E-state index in [0.29, 0.717) is 0 Å². The second-order valence-corrected chi connectivity index (χ2v) is 2.32. The molecule has 0 radical (unpaired) electrons. The van der Waals surface area contributed by atoms with Crippen LogP contribution in [0, 0.1) is 0 Å². The maximum Gasteiger partial charge on any atom is 0.110 e. The van der Waals surface area contributed by atoms with Crippen LogP contribution in [0.15, 0.2) is 12.2 Å². The fourth-order valence-electron chi connectivity index (χ4n) is 0.876. The first kappa shape index (κ1) is 7.28. The van der Waals surface area contributed by atoms with E-state index in [9.17, 15) is 9.90 Å². The molecular formula is C7H9O3-. The van der Waals surface area contributed by atoms with Crippen LogP contribution < -0.4 is 5.11 Å². The van der Waals surface area contributed by atoms with E-state index in [1.54, 1.807) is 0 Å². The van der Waals surface area contributed by atoms with Gasteiger partial charge < -0.3 is 14.6 Å². The third-order valence-corrected chi connectivity index (χ3v) is 1.59. The SMILES string of the molecule is C=C(C(=O)[O-])C1OC1CC. The van der Waals surface area contributed by atoms with E-state index in [2.05, 4.69) is 6.58 Å². The Balaban J connectivity index is 2.40. The largest absolute Gasteiger partial charge is 0.545 e. The van der Waals surface area contributed by atoms with E-state index >= 15 is 0 Å². The van der Waals surface area contributed by atoms with Crippen molar-refractivity contribution in [1.29, 1.82) is 0 Å². The predicted molar refractivity (Wildman–Crippen MR) is 33.1 cm³/mol. The Morgan fingerprint density at radius 2 is 2.40 bits per heavy atom. The lowest BCUT2D eigenvalue weighted by atomic mass is 10.1. The quantitative estimate of drug-likeness (QED) is 0.392.